The average Bonchev–Trinajstić information content (AvgIpc) is 2.24. The van der Waals surface area contributed by atoms with Crippen molar-refractivity contribution in [3.8, 4) is 48.6 Å². The van der Waals surface area contributed by atoms with Crippen LogP contribution < -0.4 is 31.3 Å². The minimum Gasteiger partial charge on any atom is -0.497 e. The summed E-state index contributed by atoms with van der Waals surface area (Å²) in [5.41, 5.74) is 4.35. The fraction of sp³-hybridized carbons (Fsp3) is 0.230. The van der Waals surface area contributed by atoms with Gasteiger partial charge < -0.3 is 36.1 Å². The molecule has 8 aromatic heterocycles. The number of halogens is 3. The Morgan fingerprint density at radius 1 is 0.538 bits per heavy atom. The van der Waals surface area contributed by atoms with Crippen molar-refractivity contribution in [2.75, 3.05) is 67.3 Å². The van der Waals surface area contributed by atoms with Crippen molar-refractivity contribution in [1.82, 2.24) is 65.1 Å². The van der Waals surface area contributed by atoms with Crippen LogP contribution in [-0.2, 0) is 10.9 Å². The molecule has 20 nitrogen and oxygen atoms in total. The van der Waals surface area contributed by atoms with Crippen LogP contribution in [0.15, 0.2) is 148 Å². The van der Waals surface area contributed by atoms with Crippen molar-refractivity contribution in [2.24, 2.45) is 0 Å². The number of thiazole rings is 4. The maximum atomic E-state index is 13.1. The summed E-state index contributed by atoms with van der Waals surface area (Å²) in [7, 11) is 2.54. The van der Waals surface area contributed by atoms with Crippen LogP contribution >= 0.6 is 80.6 Å². The molecule has 0 atom stereocenters. The summed E-state index contributed by atoms with van der Waals surface area (Å²) in [5.74, 6) is 1.41. The number of nitrogens with one attached hydrogen (secondary N) is 5. The van der Waals surface area contributed by atoms with Crippen LogP contribution in [-0.4, -0.2) is 118 Å². The summed E-state index contributed by atoms with van der Waals surface area (Å²) >= 11 is 10.9. The SMILES string of the molecule is COC(=O)c1nc(-c2ccnc(Nc3cc(OC)cc(C(F)(F)F)c3)n2)sc1SC.CSc1ccc(Nc2nccc(-c3ncc(C)s3)n2)cc1.CSc1cccc(Nc2nccc(-c3ncc(C)s3)n2)c1.Cc1cnc(-c2ccnc(NC3CCNCC3)n2)s1. The Balaban J connectivity index is 0.000000146. The first-order chi connectivity index (χ1) is 44.0. The lowest BCUT2D eigenvalue weighted by atomic mass is 10.1. The van der Waals surface area contributed by atoms with Crippen LogP contribution in [0, 0.1) is 20.8 Å². The molecule has 1 fully saturated rings. The average molecular weight is 1360 g/mol. The van der Waals surface area contributed by atoms with E-state index in [1.165, 1.54) is 74.0 Å². The van der Waals surface area contributed by atoms with E-state index in [0.717, 1.165) is 81.5 Å². The van der Waals surface area contributed by atoms with Crippen molar-refractivity contribution in [3.63, 3.8) is 0 Å². The molecule has 30 heteroatoms. The summed E-state index contributed by atoms with van der Waals surface area (Å²) < 4.78 is 49.7. The lowest BCUT2D eigenvalue weighted by Gasteiger charge is -2.23. The van der Waals surface area contributed by atoms with Crippen LogP contribution in [0.3, 0.4) is 0 Å². The van der Waals surface area contributed by atoms with Crippen LogP contribution in [0.2, 0.25) is 0 Å². The predicted molar refractivity (Wildman–Crippen MR) is 364 cm³/mol. The molecule has 0 aliphatic carbocycles. The third-order valence-electron chi connectivity index (χ3n) is 12.6. The number of piperidine rings is 1. The second-order valence-corrected chi connectivity index (χ2v) is 26.7. The Bertz CT molecular complexity index is 4170. The molecule has 1 aliphatic heterocycles. The van der Waals surface area contributed by atoms with E-state index in [2.05, 4.69) is 130 Å². The molecule has 9 heterocycles. The van der Waals surface area contributed by atoms with Crippen molar-refractivity contribution < 1.29 is 27.4 Å². The molecule has 0 spiro atoms. The zero-order valence-electron chi connectivity index (χ0n) is 50.2. The third kappa shape index (κ3) is 19.6. The number of carbonyl (C=O) groups excluding carboxylic acids is 1. The number of anilines is 7. The first kappa shape index (κ1) is 67.2. The number of ether oxygens (including phenoxy) is 2. The Hall–Kier alpha value is -8.23. The second kappa shape index (κ2) is 32.7. The molecule has 3 aromatic carbocycles. The van der Waals surface area contributed by atoms with Crippen molar-refractivity contribution in [3.05, 3.63) is 160 Å². The van der Waals surface area contributed by atoms with E-state index in [9.17, 15) is 18.0 Å². The van der Waals surface area contributed by atoms with E-state index in [4.69, 9.17) is 9.47 Å². The highest BCUT2D eigenvalue weighted by atomic mass is 32.2. The Kier molecular flexibility index (Phi) is 24.1. The molecule has 1 saturated heterocycles. The molecular weight excluding hydrogens is 1300 g/mol. The van der Waals surface area contributed by atoms with Crippen molar-refractivity contribution >= 4 is 127 Å². The van der Waals surface area contributed by atoms with Gasteiger partial charge in [-0.1, -0.05) is 6.07 Å². The molecule has 91 heavy (non-hydrogen) atoms. The summed E-state index contributed by atoms with van der Waals surface area (Å²) in [5, 5.41) is 19.2. The molecule has 12 rings (SSSR count). The Labute approximate surface area is 552 Å². The largest absolute Gasteiger partial charge is 0.497 e. The number of benzene rings is 3. The number of methoxy groups -OCH3 is 2. The fourth-order valence-corrected chi connectivity index (χ4v) is 12.9. The molecule has 0 amide bonds. The third-order valence-corrected chi connectivity index (χ3v) is 19.1. The minimum absolute atomic E-state index is 0.0377. The number of hydrogen-bond acceptors (Lipinski definition) is 27. The van der Waals surface area contributed by atoms with E-state index < -0.39 is 17.7 Å². The van der Waals surface area contributed by atoms with Gasteiger partial charge in [-0.25, -0.2) is 64.6 Å². The number of hydrogen-bond donors (Lipinski definition) is 5. The van der Waals surface area contributed by atoms with Gasteiger partial charge in [0.05, 0.1) is 24.0 Å². The van der Waals surface area contributed by atoms with Crippen LogP contribution in [0.25, 0.3) is 42.8 Å². The molecule has 0 bridgehead atoms. The summed E-state index contributed by atoms with van der Waals surface area (Å²) in [6.07, 6.45) is 15.9. The van der Waals surface area contributed by atoms with Gasteiger partial charge in [-0.3, -0.25) is 0 Å². The van der Waals surface area contributed by atoms with Gasteiger partial charge in [-0.05, 0) is 144 Å². The minimum atomic E-state index is -4.53. The van der Waals surface area contributed by atoms with Gasteiger partial charge in [0, 0.05) is 97.0 Å². The summed E-state index contributed by atoms with van der Waals surface area (Å²) in [4.78, 5) is 70.0. The molecule has 0 radical (unpaired) electrons. The van der Waals surface area contributed by atoms with Gasteiger partial charge in [0.25, 0.3) is 0 Å². The number of nitrogens with zero attached hydrogens (tertiary/aromatic N) is 12. The van der Waals surface area contributed by atoms with Crippen LogP contribution in [0.4, 0.5) is 54.0 Å². The van der Waals surface area contributed by atoms with Crippen LogP contribution in [0.1, 0.15) is 43.5 Å². The van der Waals surface area contributed by atoms with Crippen molar-refractivity contribution in [1.29, 1.82) is 0 Å². The first-order valence-electron chi connectivity index (χ1n) is 27.6. The van der Waals surface area contributed by atoms with E-state index in [0.29, 0.717) is 38.8 Å². The Morgan fingerprint density at radius 3 is 1.51 bits per heavy atom. The molecule has 5 N–H and O–H groups in total. The monoisotopic (exact) mass is 1360 g/mol. The second-order valence-electron chi connectivity index (χ2n) is 19.2. The molecule has 0 saturated carbocycles. The topological polar surface area (TPSA) is 250 Å². The number of aryl methyl sites for hydroxylation is 3. The first-order valence-corrected chi connectivity index (χ1v) is 34.6. The molecular formula is C61H60F3N17O3S7. The zero-order valence-corrected chi connectivity index (χ0v) is 55.9. The normalized spacial score (nSPS) is 12.0. The highest BCUT2D eigenvalue weighted by Gasteiger charge is 2.32. The number of alkyl halides is 3. The van der Waals surface area contributed by atoms with Gasteiger partial charge in [-0.15, -0.1) is 80.6 Å². The van der Waals surface area contributed by atoms with E-state index in [-0.39, 0.29) is 23.1 Å². The van der Waals surface area contributed by atoms with Crippen LogP contribution in [0.5, 0.6) is 5.75 Å². The molecule has 11 aromatic rings. The lowest BCUT2D eigenvalue weighted by Crippen LogP contribution is -2.35. The van der Waals surface area contributed by atoms with E-state index >= 15 is 0 Å². The van der Waals surface area contributed by atoms with Gasteiger partial charge in [-0.2, -0.15) is 13.2 Å². The fourth-order valence-electron chi connectivity index (χ4n) is 8.22. The van der Waals surface area contributed by atoms with Gasteiger partial charge in [0.2, 0.25) is 23.8 Å². The van der Waals surface area contributed by atoms with Gasteiger partial charge in [0.1, 0.15) is 48.6 Å². The molecule has 470 valence electrons. The molecule has 1 aliphatic rings. The molecule has 0 unspecified atom stereocenters. The summed E-state index contributed by atoms with van der Waals surface area (Å²) in [6, 6.07) is 27.3. The van der Waals surface area contributed by atoms with Gasteiger partial charge >= 0.3 is 12.1 Å². The highest BCUT2D eigenvalue weighted by molar-refractivity contribution is 8.00. The predicted octanol–water partition coefficient (Wildman–Crippen LogP) is 15.7. The maximum absolute atomic E-state index is 13.1. The lowest BCUT2D eigenvalue weighted by molar-refractivity contribution is -0.137. The van der Waals surface area contributed by atoms with Crippen molar-refractivity contribution in [2.45, 2.75) is 59.8 Å². The Morgan fingerprint density at radius 2 is 1.03 bits per heavy atom. The smallest absolute Gasteiger partial charge is 0.416 e. The summed E-state index contributed by atoms with van der Waals surface area (Å²) in [6.45, 7) is 8.24. The maximum Gasteiger partial charge on any atom is 0.416 e. The zero-order chi connectivity index (χ0) is 64.3. The number of esters is 1. The number of carbonyl (C=O) groups is 1. The highest BCUT2D eigenvalue weighted by Crippen LogP contribution is 2.37. The quantitative estimate of drug-likeness (QED) is 0.0420. The van der Waals surface area contributed by atoms with E-state index in [1.54, 1.807) is 88.4 Å². The number of thioether (sulfide) groups is 3. The van der Waals surface area contributed by atoms with Gasteiger partial charge in [0.15, 0.2) is 5.69 Å². The number of aromatic nitrogens is 12. The number of rotatable bonds is 17. The van der Waals surface area contributed by atoms with E-state index in [1.807, 2.05) is 74.9 Å². The standard InChI is InChI=1S/C18H15F3N4O3S2.2C15H14N4S2.C13H17N5S/c1-27-11-7-9(18(19,20)21)6-10(8-11)23-17-22-5-4-12(24-17)14-25-13(15(26)28-2)16(29-3)30-14;1-10-9-17-14(21-10)13-7-8-16-15(19-13)18-11-3-5-12(20-2)6-4-11;1-10-9-17-14(21-10)13-6-7-16-15(19-13)18-11-4-3-5-12(8-11)20-2;1-9-8-16-12(19-9)11-4-7-15-13(18-11)17-10-2-5-14-6-3-10/h4-8H,1-3H3,(H,22,23,24);2*3-9H,1-2H3,(H,16,18,19);4,7-8,10,14H,2-3,5-6H2,1H3,(H,15,17,18).